The number of amides is 1. The molecule has 1 unspecified atom stereocenters. The minimum atomic E-state index is -0.490. The van der Waals surface area contributed by atoms with Gasteiger partial charge >= 0.3 is 0 Å². The van der Waals surface area contributed by atoms with Gasteiger partial charge in [0.2, 0.25) is 0 Å². The maximum absolute atomic E-state index is 11.9. The molecule has 1 heterocycles. The molecule has 0 bridgehead atoms. The molecule has 0 aliphatic carbocycles. The first-order valence-corrected chi connectivity index (χ1v) is 5.96. The number of ether oxygens (including phenoxy) is 2. The van der Waals surface area contributed by atoms with Crippen molar-refractivity contribution in [2.75, 3.05) is 24.3 Å². The molecular formula is C13H18N2O3. The van der Waals surface area contributed by atoms with E-state index in [9.17, 15) is 4.79 Å². The van der Waals surface area contributed by atoms with Gasteiger partial charge in [0, 0.05) is 11.4 Å². The first kappa shape index (κ1) is 12.9. The molecule has 2 rings (SSSR count). The zero-order valence-corrected chi connectivity index (χ0v) is 10.6. The van der Waals surface area contributed by atoms with Gasteiger partial charge in [-0.25, -0.2) is 0 Å². The van der Waals surface area contributed by atoms with Crippen molar-refractivity contribution in [2.45, 2.75) is 26.1 Å². The highest BCUT2D eigenvalue weighted by Gasteiger charge is 2.25. The van der Waals surface area contributed by atoms with E-state index in [2.05, 4.69) is 5.32 Å². The minimum Gasteiger partial charge on any atom is -0.399 e. The van der Waals surface area contributed by atoms with E-state index in [1.807, 2.05) is 13.0 Å². The van der Waals surface area contributed by atoms with E-state index in [1.165, 1.54) is 0 Å². The van der Waals surface area contributed by atoms with E-state index in [-0.39, 0.29) is 12.0 Å². The highest BCUT2D eigenvalue weighted by molar-refractivity contribution is 5.94. The minimum absolute atomic E-state index is 0.0401. The van der Waals surface area contributed by atoms with Crippen LogP contribution in [0.5, 0.6) is 0 Å². The van der Waals surface area contributed by atoms with E-state index >= 15 is 0 Å². The van der Waals surface area contributed by atoms with Gasteiger partial charge in [0.15, 0.2) is 0 Å². The van der Waals surface area contributed by atoms with Crippen LogP contribution in [0.3, 0.4) is 0 Å². The molecule has 1 aromatic rings. The van der Waals surface area contributed by atoms with E-state index in [0.29, 0.717) is 18.9 Å². The molecule has 18 heavy (non-hydrogen) atoms. The smallest absolute Gasteiger partial charge is 0.253 e. The molecule has 1 aliphatic rings. The van der Waals surface area contributed by atoms with Gasteiger partial charge in [-0.15, -0.1) is 0 Å². The van der Waals surface area contributed by atoms with Crippen LogP contribution in [-0.2, 0) is 14.3 Å². The largest absolute Gasteiger partial charge is 0.399 e. The quantitative estimate of drug-likeness (QED) is 0.790. The molecule has 3 N–H and O–H groups in total. The fraction of sp³-hybridized carbons (Fsp3) is 0.462. The van der Waals surface area contributed by atoms with Crippen LogP contribution in [0.4, 0.5) is 11.4 Å². The van der Waals surface area contributed by atoms with Crippen LogP contribution in [0.25, 0.3) is 0 Å². The maximum atomic E-state index is 11.9. The molecule has 0 radical (unpaired) electrons. The number of nitrogen functional groups attached to an aromatic ring is 1. The van der Waals surface area contributed by atoms with Crippen molar-refractivity contribution in [3.8, 4) is 0 Å². The van der Waals surface area contributed by atoms with Crippen LogP contribution >= 0.6 is 0 Å². The normalized spacial score (nSPS) is 17.0. The van der Waals surface area contributed by atoms with Gasteiger partial charge in [-0.1, -0.05) is 0 Å². The molecule has 1 amide bonds. The van der Waals surface area contributed by atoms with Crippen molar-refractivity contribution < 1.29 is 14.3 Å². The lowest BCUT2D eigenvalue weighted by molar-refractivity contribution is -0.161. The lowest BCUT2D eigenvalue weighted by Gasteiger charge is -2.28. The van der Waals surface area contributed by atoms with Crippen LogP contribution in [0.15, 0.2) is 18.2 Å². The molecule has 5 nitrogen and oxygen atoms in total. The summed E-state index contributed by atoms with van der Waals surface area (Å²) in [5.74, 6) is -0.158. The van der Waals surface area contributed by atoms with Gasteiger partial charge < -0.3 is 20.5 Å². The lowest BCUT2D eigenvalue weighted by Crippen LogP contribution is -2.41. The average Bonchev–Trinajstić information content (AvgIpc) is 2.27. The monoisotopic (exact) mass is 250 g/mol. The Hall–Kier alpha value is -1.59. The molecule has 5 heteroatoms. The number of rotatable bonds is 4. The standard InChI is InChI=1S/C13H18N2O3/c1-8-5-10(14)3-4-12(8)15-13(16)9(2)18-11-6-17-7-11/h3-5,9,11H,6-7,14H2,1-2H3,(H,15,16). The summed E-state index contributed by atoms with van der Waals surface area (Å²) >= 11 is 0. The van der Waals surface area contributed by atoms with E-state index in [0.717, 1.165) is 11.3 Å². The summed E-state index contributed by atoms with van der Waals surface area (Å²) in [6.07, 6.45) is -0.450. The highest BCUT2D eigenvalue weighted by Crippen LogP contribution is 2.18. The third-order valence-corrected chi connectivity index (χ3v) is 2.88. The fourth-order valence-electron chi connectivity index (χ4n) is 1.70. The Kier molecular flexibility index (Phi) is 3.84. The predicted octanol–water partition coefficient (Wildman–Crippen LogP) is 1.32. The SMILES string of the molecule is Cc1cc(N)ccc1NC(=O)C(C)OC1COC1. The van der Waals surface area contributed by atoms with Crippen LogP contribution < -0.4 is 11.1 Å². The number of hydrogen-bond donors (Lipinski definition) is 2. The summed E-state index contributed by atoms with van der Waals surface area (Å²) in [6, 6.07) is 5.37. The van der Waals surface area contributed by atoms with E-state index < -0.39 is 6.10 Å². The molecule has 0 saturated carbocycles. The zero-order chi connectivity index (χ0) is 13.1. The average molecular weight is 250 g/mol. The number of nitrogens with one attached hydrogen (secondary N) is 1. The van der Waals surface area contributed by atoms with Crippen molar-refractivity contribution in [2.24, 2.45) is 0 Å². The summed E-state index contributed by atoms with van der Waals surface area (Å²) in [4.78, 5) is 11.9. The molecule has 0 aromatic heterocycles. The van der Waals surface area contributed by atoms with E-state index in [1.54, 1.807) is 19.1 Å². The second-order valence-electron chi connectivity index (χ2n) is 4.50. The summed E-state index contributed by atoms with van der Waals surface area (Å²) in [7, 11) is 0. The van der Waals surface area contributed by atoms with Crippen LogP contribution in [0, 0.1) is 6.92 Å². The Morgan fingerprint density at radius 1 is 1.56 bits per heavy atom. The summed E-state index contributed by atoms with van der Waals surface area (Å²) in [5.41, 5.74) is 8.03. The van der Waals surface area contributed by atoms with E-state index in [4.69, 9.17) is 15.2 Å². The lowest BCUT2D eigenvalue weighted by atomic mass is 10.1. The van der Waals surface area contributed by atoms with Crippen molar-refractivity contribution in [3.63, 3.8) is 0 Å². The molecule has 1 fully saturated rings. The van der Waals surface area contributed by atoms with Gasteiger partial charge in [-0.3, -0.25) is 4.79 Å². The van der Waals surface area contributed by atoms with Gasteiger partial charge in [0.25, 0.3) is 5.91 Å². The predicted molar refractivity (Wildman–Crippen MR) is 69.4 cm³/mol. The topological polar surface area (TPSA) is 73.6 Å². The van der Waals surface area contributed by atoms with Gasteiger partial charge in [-0.2, -0.15) is 0 Å². The molecule has 0 spiro atoms. The Bertz CT molecular complexity index is 444. The van der Waals surface area contributed by atoms with Crippen LogP contribution in [0.2, 0.25) is 0 Å². The summed E-state index contributed by atoms with van der Waals surface area (Å²) in [5, 5.41) is 2.83. The zero-order valence-electron chi connectivity index (χ0n) is 10.6. The third-order valence-electron chi connectivity index (χ3n) is 2.88. The molecule has 98 valence electrons. The van der Waals surface area contributed by atoms with Crippen molar-refractivity contribution >= 4 is 17.3 Å². The van der Waals surface area contributed by atoms with Crippen molar-refractivity contribution in [1.82, 2.24) is 0 Å². The number of carbonyl (C=O) groups is 1. The molecule has 1 aliphatic heterocycles. The number of aryl methyl sites for hydroxylation is 1. The Balaban J connectivity index is 1.92. The van der Waals surface area contributed by atoms with Gasteiger partial charge in [0.1, 0.15) is 12.2 Å². The van der Waals surface area contributed by atoms with Crippen molar-refractivity contribution in [1.29, 1.82) is 0 Å². The molecule has 1 saturated heterocycles. The summed E-state index contributed by atoms with van der Waals surface area (Å²) < 4.78 is 10.5. The number of hydrogen-bond acceptors (Lipinski definition) is 4. The number of anilines is 2. The van der Waals surface area contributed by atoms with Gasteiger partial charge in [0.05, 0.1) is 13.2 Å². The second kappa shape index (κ2) is 5.37. The van der Waals surface area contributed by atoms with Crippen LogP contribution in [0.1, 0.15) is 12.5 Å². The second-order valence-corrected chi connectivity index (χ2v) is 4.50. The Labute approximate surface area is 106 Å². The first-order chi connectivity index (χ1) is 8.56. The third kappa shape index (κ3) is 3.00. The number of carbonyl (C=O) groups excluding carboxylic acids is 1. The summed E-state index contributed by atoms with van der Waals surface area (Å²) in [6.45, 7) is 4.77. The fourth-order valence-corrected chi connectivity index (χ4v) is 1.70. The van der Waals surface area contributed by atoms with Crippen molar-refractivity contribution in [3.05, 3.63) is 23.8 Å². The molecule has 1 aromatic carbocycles. The van der Waals surface area contributed by atoms with Gasteiger partial charge in [-0.05, 0) is 37.6 Å². The highest BCUT2D eigenvalue weighted by atomic mass is 16.6. The van der Waals surface area contributed by atoms with Crippen LogP contribution in [-0.4, -0.2) is 31.3 Å². The Morgan fingerprint density at radius 3 is 2.83 bits per heavy atom. The maximum Gasteiger partial charge on any atom is 0.253 e. The number of benzene rings is 1. The number of nitrogens with two attached hydrogens (primary N) is 1. The Morgan fingerprint density at radius 2 is 2.28 bits per heavy atom. The first-order valence-electron chi connectivity index (χ1n) is 5.96. The molecule has 1 atom stereocenters. The molecular weight excluding hydrogens is 232 g/mol.